The third kappa shape index (κ3) is 2.36. The first-order chi connectivity index (χ1) is 6.56. The average Bonchev–Trinajstić information content (AvgIpc) is 2.13. The molecule has 0 saturated carbocycles. The Balaban J connectivity index is 3.07. The summed E-state index contributed by atoms with van der Waals surface area (Å²) in [6.45, 7) is 0. The molecule has 1 aromatic carbocycles. The minimum Gasteiger partial charge on any atom is -0.323 e. The molecule has 5 heteroatoms. The highest BCUT2D eigenvalue weighted by Crippen LogP contribution is 2.28. The average molecular weight is 233 g/mol. The molecule has 0 aliphatic carbocycles. The van der Waals surface area contributed by atoms with E-state index in [0.717, 1.165) is 0 Å². The number of nitriles is 1. The van der Waals surface area contributed by atoms with Crippen LogP contribution in [0.1, 0.15) is 18.0 Å². The van der Waals surface area contributed by atoms with Crippen molar-refractivity contribution in [3.8, 4) is 6.07 Å². The van der Waals surface area contributed by atoms with Crippen LogP contribution in [0.25, 0.3) is 0 Å². The molecule has 0 aromatic heterocycles. The molecular formula is C9H7Cl2FN2. The summed E-state index contributed by atoms with van der Waals surface area (Å²) in [5, 5.41) is 8.39. The zero-order valence-corrected chi connectivity index (χ0v) is 8.61. The summed E-state index contributed by atoms with van der Waals surface area (Å²) in [6.07, 6.45) is 0.109. The van der Waals surface area contributed by atoms with Crippen LogP contribution < -0.4 is 5.73 Å². The van der Waals surface area contributed by atoms with Gasteiger partial charge in [0.25, 0.3) is 0 Å². The van der Waals surface area contributed by atoms with Crippen LogP contribution in [0.3, 0.4) is 0 Å². The maximum absolute atomic E-state index is 13.1. The zero-order valence-electron chi connectivity index (χ0n) is 7.10. The van der Waals surface area contributed by atoms with Crippen molar-refractivity contribution in [2.75, 3.05) is 0 Å². The van der Waals surface area contributed by atoms with Gasteiger partial charge in [-0.2, -0.15) is 5.26 Å². The molecule has 0 bridgehead atoms. The van der Waals surface area contributed by atoms with Gasteiger partial charge in [0.2, 0.25) is 0 Å². The fraction of sp³-hybridized carbons (Fsp3) is 0.222. The molecule has 0 aliphatic heterocycles. The van der Waals surface area contributed by atoms with Crippen LogP contribution >= 0.6 is 23.2 Å². The molecule has 14 heavy (non-hydrogen) atoms. The Bertz CT molecular complexity index is 364. The summed E-state index contributed by atoms with van der Waals surface area (Å²) >= 11 is 11.2. The molecule has 1 rings (SSSR count). The van der Waals surface area contributed by atoms with Gasteiger partial charge in [-0.25, -0.2) is 4.39 Å². The number of nitrogens with zero attached hydrogens (tertiary/aromatic N) is 1. The van der Waals surface area contributed by atoms with Crippen molar-refractivity contribution < 1.29 is 4.39 Å². The first kappa shape index (κ1) is 11.3. The number of hydrogen-bond acceptors (Lipinski definition) is 2. The normalized spacial score (nSPS) is 12.2. The third-order valence-electron chi connectivity index (χ3n) is 1.75. The number of hydrogen-bond donors (Lipinski definition) is 1. The molecule has 0 fully saturated rings. The van der Waals surface area contributed by atoms with Crippen LogP contribution in [0.4, 0.5) is 4.39 Å². The van der Waals surface area contributed by atoms with E-state index in [9.17, 15) is 4.39 Å². The van der Waals surface area contributed by atoms with Gasteiger partial charge in [0.05, 0.1) is 22.5 Å². The Morgan fingerprint density at radius 3 is 2.64 bits per heavy atom. The highest BCUT2D eigenvalue weighted by atomic mass is 35.5. The number of halogens is 3. The number of benzene rings is 1. The van der Waals surface area contributed by atoms with Crippen LogP contribution in [0.5, 0.6) is 0 Å². The lowest BCUT2D eigenvalue weighted by atomic mass is 10.1. The maximum atomic E-state index is 13.1. The van der Waals surface area contributed by atoms with E-state index in [0.29, 0.717) is 5.56 Å². The maximum Gasteiger partial charge on any atom is 0.143 e. The van der Waals surface area contributed by atoms with Gasteiger partial charge in [-0.1, -0.05) is 23.2 Å². The second-order valence-corrected chi connectivity index (χ2v) is 3.55. The van der Waals surface area contributed by atoms with E-state index in [2.05, 4.69) is 0 Å². The molecular weight excluding hydrogens is 226 g/mol. The monoisotopic (exact) mass is 232 g/mol. The Hall–Kier alpha value is -0.820. The molecule has 0 heterocycles. The molecule has 1 atom stereocenters. The van der Waals surface area contributed by atoms with E-state index < -0.39 is 11.9 Å². The van der Waals surface area contributed by atoms with Crippen molar-refractivity contribution in [2.45, 2.75) is 12.5 Å². The van der Waals surface area contributed by atoms with Crippen LogP contribution in [-0.2, 0) is 0 Å². The number of nitrogens with two attached hydrogens (primary N) is 1. The molecule has 2 N–H and O–H groups in total. The van der Waals surface area contributed by atoms with Crippen molar-refractivity contribution >= 4 is 23.2 Å². The molecule has 0 spiro atoms. The lowest BCUT2D eigenvalue weighted by Crippen LogP contribution is -2.09. The number of rotatable bonds is 2. The van der Waals surface area contributed by atoms with Gasteiger partial charge in [0.15, 0.2) is 0 Å². The highest BCUT2D eigenvalue weighted by Gasteiger charge is 2.11. The summed E-state index contributed by atoms with van der Waals surface area (Å²) in [4.78, 5) is 0. The second kappa shape index (κ2) is 4.61. The lowest BCUT2D eigenvalue weighted by Gasteiger charge is -2.09. The molecule has 0 aliphatic rings. The van der Waals surface area contributed by atoms with Crippen LogP contribution in [-0.4, -0.2) is 0 Å². The summed E-state index contributed by atoms with van der Waals surface area (Å²) in [7, 11) is 0. The van der Waals surface area contributed by atoms with Gasteiger partial charge in [-0.15, -0.1) is 0 Å². The molecule has 0 saturated heterocycles. The molecule has 0 amide bonds. The van der Waals surface area contributed by atoms with E-state index in [1.807, 2.05) is 6.07 Å². The zero-order chi connectivity index (χ0) is 10.7. The van der Waals surface area contributed by atoms with Crippen molar-refractivity contribution in [1.82, 2.24) is 0 Å². The fourth-order valence-corrected chi connectivity index (χ4v) is 1.33. The molecule has 1 aromatic rings. The first-order valence-electron chi connectivity index (χ1n) is 3.83. The summed E-state index contributed by atoms with van der Waals surface area (Å²) < 4.78 is 13.1. The summed E-state index contributed by atoms with van der Waals surface area (Å²) in [5.74, 6) is -0.623. The summed E-state index contributed by atoms with van der Waals surface area (Å²) in [6, 6.07) is 4.02. The fourth-order valence-electron chi connectivity index (χ4n) is 1.01. The third-order valence-corrected chi connectivity index (χ3v) is 2.52. The van der Waals surface area contributed by atoms with Crippen molar-refractivity contribution in [3.63, 3.8) is 0 Å². The van der Waals surface area contributed by atoms with Crippen molar-refractivity contribution in [3.05, 3.63) is 33.6 Å². The standard InChI is InChI=1S/C9H7Cl2FN2/c10-6-3-5(8(14)1-2-13)4-7(12)9(6)11/h3-4,8H,1,14H2/t8-/m1/s1. The molecule has 0 unspecified atom stereocenters. The van der Waals surface area contributed by atoms with Gasteiger partial charge in [-0.3, -0.25) is 0 Å². The first-order valence-corrected chi connectivity index (χ1v) is 4.58. The summed E-state index contributed by atoms with van der Waals surface area (Å²) in [5.41, 5.74) is 6.07. The quantitative estimate of drug-likeness (QED) is 0.798. The van der Waals surface area contributed by atoms with Crippen LogP contribution in [0.2, 0.25) is 10.0 Å². The van der Waals surface area contributed by atoms with E-state index in [-0.39, 0.29) is 16.5 Å². The smallest absolute Gasteiger partial charge is 0.143 e. The Kier molecular flexibility index (Phi) is 3.70. The predicted octanol–water partition coefficient (Wildman–Crippen LogP) is 3.05. The second-order valence-electron chi connectivity index (χ2n) is 2.77. The van der Waals surface area contributed by atoms with E-state index >= 15 is 0 Å². The van der Waals surface area contributed by atoms with Crippen LogP contribution in [0, 0.1) is 17.1 Å². The van der Waals surface area contributed by atoms with Crippen LogP contribution in [0.15, 0.2) is 12.1 Å². The van der Waals surface area contributed by atoms with Gasteiger partial charge in [0, 0.05) is 6.04 Å². The molecule has 2 nitrogen and oxygen atoms in total. The van der Waals surface area contributed by atoms with Gasteiger partial charge in [0.1, 0.15) is 5.82 Å². The van der Waals surface area contributed by atoms with E-state index in [4.69, 9.17) is 34.2 Å². The minimum absolute atomic E-state index is 0.107. The van der Waals surface area contributed by atoms with Gasteiger partial charge < -0.3 is 5.73 Å². The van der Waals surface area contributed by atoms with Crippen molar-refractivity contribution in [1.29, 1.82) is 5.26 Å². The van der Waals surface area contributed by atoms with Gasteiger partial charge >= 0.3 is 0 Å². The Labute approximate surface area is 91.0 Å². The van der Waals surface area contributed by atoms with Crippen molar-refractivity contribution in [2.24, 2.45) is 5.73 Å². The van der Waals surface area contributed by atoms with E-state index in [1.54, 1.807) is 0 Å². The Morgan fingerprint density at radius 2 is 2.14 bits per heavy atom. The highest BCUT2D eigenvalue weighted by molar-refractivity contribution is 6.42. The molecule has 0 radical (unpaired) electrons. The molecule has 74 valence electrons. The van der Waals surface area contributed by atoms with E-state index in [1.165, 1.54) is 12.1 Å². The lowest BCUT2D eigenvalue weighted by molar-refractivity contribution is 0.620. The van der Waals surface area contributed by atoms with Gasteiger partial charge in [-0.05, 0) is 17.7 Å². The SMILES string of the molecule is N#CC[C@@H](N)c1cc(F)c(Cl)c(Cl)c1. The Morgan fingerprint density at radius 1 is 1.50 bits per heavy atom. The minimum atomic E-state index is -0.623. The topological polar surface area (TPSA) is 49.8 Å². The largest absolute Gasteiger partial charge is 0.323 e. The predicted molar refractivity (Wildman–Crippen MR) is 53.6 cm³/mol.